The second kappa shape index (κ2) is 5.71. The summed E-state index contributed by atoms with van der Waals surface area (Å²) < 4.78 is 6.17. The Kier molecular flexibility index (Phi) is 4.24. The van der Waals surface area contributed by atoms with Gasteiger partial charge in [-0.15, -0.1) is 0 Å². The van der Waals surface area contributed by atoms with Crippen LogP contribution in [-0.2, 0) is 4.74 Å². The van der Waals surface area contributed by atoms with Gasteiger partial charge in [-0.1, -0.05) is 15.9 Å². The summed E-state index contributed by atoms with van der Waals surface area (Å²) in [6.45, 7) is 1.44. The minimum Gasteiger partial charge on any atom is -0.398 e. The molecule has 0 bridgehead atoms. The number of hydrogen-bond donors (Lipinski definition) is 1. The molecule has 4 nitrogen and oxygen atoms in total. The average molecular weight is 313 g/mol. The Labute approximate surface area is 115 Å². The third-order valence-electron chi connectivity index (χ3n) is 3.30. The number of halogens is 1. The Morgan fingerprint density at radius 3 is 2.78 bits per heavy atom. The number of amides is 1. The van der Waals surface area contributed by atoms with Gasteiger partial charge in [-0.3, -0.25) is 4.79 Å². The lowest BCUT2D eigenvalue weighted by molar-refractivity contribution is 0.0362. The number of ether oxygens (including phenoxy) is 1. The van der Waals surface area contributed by atoms with Crippen LogP contribution >= 0.6 is 15.9 Å². The van der Waals surface area contributed by atoms with Crippen molar-refractivity contribution in [1.29, 1.82) is 0 Å². The highest BCUT2D eigenvalue weighted by molar-refractivity contribution is 9.10. The Balaban J connectivity index is 2.16. The molecule has 0 unspecified atom stereocenters. The number of rotatable bonds is 2. The largest absolute Gasteiger partial charge is 0.398 e. The monoisotopic (exact) mass is 312 g/mol. The van der Waals surface area contributed by atoms with Crippen LogP contribution in [0.5, 0.6) is 0 Å². The number of nitrogens with two attached hydrogens (primary N) is 1. The Hall–Kier alpha value is -1.07. The first-order valence-electron chi connectivity index (χ1n) is 5.99. The maximum Gasteiger partial charge on any atom is 0.255 e. The maximum absolute atomic E-state index is 12.4. The molecular weight excluding hydrogens is 296 g/mol. The minimum atomic E-state index is -0.0271. The fraction of sp³-hybridized carbons (Fsp3) is 0.462. The van der Waals surface area contributed by atoms with Gasteiger partial charge in [0.05, 0.1) is 5.56 Å². The standard InChI is InChI=1S/C13H17BrN2O2/c1-16(10-4-6-18-7-5-10)13(17)11-8-9(14)2-3-12(11)15/h2-3,8,10H,4-7,15H2,1H3. The van der Waals surface area contributed by atoms with Crippen LogP contribution in [0, 0.1) is 0 Å². The van der Waals surface area contributed by atoms with E-state index in [4.69, 9.17) is 10.5 Å². The number of hydrogen-bond acceptors (Lipinski definition) is 3. The Bertz CT molecular complexity index is 445. The van der Waals surface area contributed by atoms with Crippen LogP contribution in [0.1, 0.15) is 23.2 Å². The van der Waals surface area contributed by atoms with E-state index in [1.165, 1.54) is 0 Å². The summed E-state index contributed by atoms with van der Waals surface area (Å²) in [5, 5.41) is 0. The molecule has 0 aliphatic carbocycles. The van der Waals surface area contributed by atoms with Crippen molar-refractivity contribution in [3.63, 3.8) is 0 Å². The maximum atomic E-state index is 12.4. The Morgan fingerprint density at radius 2 is 2.11 bits per heavy atom. The van der Waals surface area contributed by atoms with E-state index in [0.717, 1.165) is 30.5 Å². The fourth-order valence-corrected chi connectivity index (χ4v) is 2.50. The smallest absolute Gasteiger partial charge is 0.255 e. The van der Waals surface area contributed by atoms with Crippen molar-refractivity contribution in [2.45, 2.75) is 18.9 Å². The zero-order chi connectivity index (χ0) is 13.1. The van der Waals surface area contributed by atoms with Crippen LogP contribution < -0.4 is 5.73 Å². The van der Waals surface area contributed by atoms with Crippen LogP contribution in [0.2, 0.25) is 0 Å². The normalized spacial score (nSPS) is 16.6. The molecule has 1 aromatic carbocycles. The van der Waals surface area contributed by atoms with E-state index >= 15 is 0 Å². The molecule has 1 saturated heterocycles. The first-order chi connectivity index (χ1) is 8.59. The molecule has 98 valence electrons. The van der Waals surface area contributed by atoms with Crippen LogP contribution in [0.25, 0.3) is 0 Å². The van der Waals surface area contributed by atoms with Crippen molar-refractivity contribution < 1.29 is 9.53 Å². The molecule has 2 rings (SSSR count). The molecule has 0 radical (unpaired) electrons. The third kappa shape index (κ3) is 2.84. The summed E-state index contributed by atoms with van der Waals surface area (Å²) in [6, 6.07) is 5.59. The summed E-state index contributed by atoms with van der Waals surface area (Å²) in [4.78, 5) is 14.2. The predicted octanol–water partition coefficient (Wildman–Crippen LogP) is 2.28. The van der Waals surface area contributed by atoms with Gasteiger partial charge in [0, 0.05) is 36.5 Å². The van der Waals surface area contributed by atoms with Crippen LogP contribution in [0.3, 0.4) is 0 Å². The van der Waals surface area contributed by atoms with Gasteiger partial charge < -0.3 is 15.4 Å². The second-order valence-electron chi connectivity index (χ2n) is 4.49. The fourth-order valence-electron chi connectivity index (χ4n) is 2.14. The summed E-state index contributed by atoms with van der Waals surface area (Å²) in [7, 11) is 1.83. The topological polar surface area (TPSA) is 55.6 Å². The quantitative estimate of drug-likeness (QED) is 0.852. The lowest BCUT2D eigenvalue weighted by Crippen LogP contribution is -2.40. The van der Waals surface area contributed by atoms with E-state index < -0.39 is 0 Å². The number of nitrogens with zero attached hydrogens (tertiary/aromatic N) is 1. The van der Waals surface area contributed by atoms with Gasteiger partial charge in [0.2, 0.25) is 0 Å². The summed E-state index contributed by atoms with van der Waals surface area (Å²) in [5.74, 6) is -0.0271. The number of carbonyl (C=O) groups excluding carboxylic acids is 1. The second-order valence-corrected chi connectivity index (χ2v) is 5.41. The zero-order valence-corrected chi connectivity index (χ0v) is 11.9. The number of carbonyl (C=O) groups is 1. The summed E-state index contributed by atoms with van der Waals surface area (Å²) >= 11 is 3.36. The SMILES string of the molecule is CN(C(=O)c1cc(Br)ccc1N)C1CCOCC1. The molecule has 18 heavy (non-hydrogen) atoms. The lowest BCUT2D eigenvalue weighted by atomic mass is 10.1. The van der Waals surface area contributed by atoms with E-state index in [-0.39, 0.29) is 11.9 Å². The molecule has 2 N–H and O–H groups in total. The first-order valence-corrected chi connectivity index (χ1v) is 6.79. The highest BCUT2D eigenvalue weighted by Gasteiger charge is 2.24. The first kappa shape index (κ1) is 13.4. The van der Waals surface area contributed by atoms with Gasteiger partial charge >= 0.3 is 0 Å². The van der Waals surface area contributed by atoms with E-state index in [1.54, 1.807) is 17.0 Å². The molecule has 1 heterocycles. The van der Waals surface area contributed by atoms with Crippen LogP contribution in [-0.4, -0.2) is 37.1 Å². The van der Waals surface area contributed by atoms with Crippen LogP contribution in [0.15, 0.2) is 22.7 Å². The van der Waals surface area contributed by atoms with E-state index in [9.17, 15) is 4.79 Å². The van der Waals surface area contributed by atoms with Crippen LogP contribution in [0.4, 0.5) is 5.69 Å². The molecule has 5 heteroatoms. The molecule has 1 aliphatic heterocycles. The molecule has 1 aliphatic rings. The molecule has 1 aromatic rings. The molecule has 0 spiro atoms. The summed E-state index contributed by atoms with van der Waals surface area (Å²) in [6.07, 6.45) is 1.77. The van der Waals surface area contributed by atoms with Gasteiger partial charge in [-0.05, 0) is 31.0 Å². The van der Waals surface area contributed by atoms with E-state index in [2.05, 4.69) is 15.9 Å². The minimum absolute atomic E-state index is 0.0271. The van der Waals surface area contributed by atoms with Gasteiger partial charge in [0.1, 0.15) is 0 Å². The molecule has 1 fully saturated rings. The van der Waals surface area contributed by atoms with Crippen molar-refractivity contribution in [3.8, 4) is 0 Å². The number of anilines is 1. The van der Waals surface area contributed by atoms with E-state index in [1.807, 2.05) is 13.1 Å². The van der Waals surface area contributed by atoms with Crippen molar-refractivity contribution in [1.82, 2.24) is 4.90 Å². The lowest BCUT2D eigenvalue weighted by Gasteiger charge is -2.31. The number of nitrogen functional groups attached to an aromatic ring is 1. The highest BCUT2D eigenvalue weighted by Crippen LogP contribution is 2.22. The van der Waals surface area contributed by atoms with Gasteiger partial charge in [0.15, 0.2) is 0 Å². The number of benzene rings is 1. The summed E-state index contributed by atoms with van der Waals surface area (Å²) in [5.41, 5.74) is 6.93. The Morgan fingerprint density at radius 1 is 1.44 bits per heavy atom. The predicted molar refractivity (Wildman–Crippen MR) is 74.5 cm³/mol. The highest BCUT2D eigenvalue weighted by atomic mass is 79.9. The molecule has 0 aromatic heterocycles. The molecular formula is C13H17BrN2O2. The zero-order valence-electron chi connectivity index (χ0n) is 10.4. The van der Waals surface area contributed by atoms with Gasteiger partial charge in [-0.25, -0.2) is 0 Å². The molecule has 1 amide bonds. The van der Waals surface area contributed by atoms with Gasteiger partial charge in [0.25, 0.3) is 5.91 Å². The van der Waals surface area contributed by atoms with E-state index in [0.29, 0.717) is 11.3 Å². The van der Waals surface area contributed by atoms with Crippen molar-refractivity contribution in [2.75, 3.05) is 26.0 Å². The van der Waals surface area contributed by atoms with Crippen molar-refractivity contribution in [2.24, 2.45) is 0 Å². The van der Waals surface area contributed by atoms with Gasteiger partial charge in [-0.2, -0.15) is 0 Å². The average Bonchev–Trinajstić information content (AvgIpc) is 2.41. The van der Waals surface area contributed by atoms with Crippen molar-refractivity contribution in [3.05, 3.63) is 28.2 Å². The molecule has 0 atom stereocenters. The van der Waals surface area contributed by atoms with Crippen molar-refractivity contribution >= 4 is 27.5 Å². The third-order valence-corrected chi connectivity index (χ3v) is 3.80. The molecule has 0 saturated carbocycles.